The number of nitro groups is 1. The number of benzene rings is 1. The summed E-state index contributed by atoms with van der Waals surface area (Å²) in [4.78, 5) is 22.6. The molecule has 0 aliphatic carbocycles. The van der Waals surface area contributed by atoms with Crippen LogP contribution in [0.4, 0.5) is 15.8 Å². The smallest absolute Gasteiger partial charge is 0.258 e. The molecule has 0 fully saturated rings. The van der Waals surface area contributed by atoms with Gasteiger partial charge in [-0.15, -0.1) is 0 Å². The molecule has 0 radical (unpaired) electrons. The number of isocyanates is 1. The predicted molar refractivity (Wildman–Crippen MR) is 48.5 cm³/mol. The standard InChI is InChI=1S/C7H2BrFN2O3/c8-4-1-6(10-3-12)7(11(13)14)2-5(4)9/h1-2H. The van der Waals surface area contributed by atoms with E-state index in [4.69, 9.17) is 0 Å². The molecule has 1 aromatic carbocycles. The first kappa shape index (κ1) is 10.5. The van der Waals surface area contributed by atoms with Crippen molar-refractivity contribution in [3.8, 4) is 0 Å². The molecule has 14 heavy (non-hydrogen) atoms. The Bertz CT molecular complexity index is 416. The Kier molecular flexibility index (Phi) is 3.06. The fourth-order valence-electron chi connectivity index (χ4n) is 0.811. The Labute approximate surface area is 85.5 Å². The summed E-state index contributed by atoms with van der Waals surface area (Å²) in [5.41, 5.74) is -0.813. The number of nitro benzene ring substituents is 1. The van der Waals surface area contributed by atoms with Gasteiger partial charge >= 0.3 is 0 Å². The third-order valence-electron chi connectivity index (χ3n) is 1.38. The first-order valence-corrected chi connectivity index (χ1v) is 4.07. The Morgan fingerprint density at radius 1 is 1.57 bits per heavy atom. The summed E-state index contributed by atoms with van der Waals surface area (Å²) in [5.74, 6) is -0.790. The number of nitrogens with zero attached hydrogens (tertiary/aromatic N) is 2. The highest BCUT2D eigenvalue weighted by molar-refractivity contribution is 9.10. The second-order valence-electron chi connectivity index (χ2n) is 2.22. The molecule has 0 atom stereocenters. The van der Waals surface area contributed by atoms with E-state index in [-0.39, 0.29) is 10.2 Å². The maximum Gasteiger partial charge on any atom is 0.298 e. The molecule has 0 heterocycles. The van der Waals surface area contributed by atoms with Gasteiger partial charge in [-0.3, -0.25) is 10.1 Å². The van der Waals surface area contributed by atoms with Gasteiger partial charge in [-0.05, 0) is 22.0 Å². The van der Waals surface area contributed by atoms with Crippen molar-refractivity contribution in [3.63, 3.8) is 0 Å². The molecular formula is C7H2BrFN2O3. The highest BCUT2D eigenvalue weighted by atomic mass is 79.9. The van der Waals surface area contributed by atoms with Crippen LogP contribution in [0.2, 0.25) is 0 Å². The quantitative estimate of drug-likeness (QED) is 0.355. The highest BCUT2D eigenvalue weighted by Crippen LogP contribution is 2.32. The van der Waals surface area contributed by atoms with Crippen molar-refractivity contribution >= 4 is 33.4 Å². The molecule has 0 aliphatic heterocycles. The zero-order valence-corrected chi connectivity index (χ0v) is 8.12. The van der Waals surface area contributed by atoms with Gasteiger partial charge < -0.3 is 0 Å². The third kappa shape index (κ3) is 2.01. The molecule has 0 N–H and O–H groups in total. The van der Waals surface area contributed by atoms with Crippen LogP contribution in [0.5, 0.6) is 0 Å². The van der Waals surface area contributed by atoms with Gasteiger partial charge in [0.1, 0.15) is 5.82 Å². The average molecular weight is 261 g/mol. The lowest BCUT2D eigenvalue weighted by Crippen LogP contribution is -1.90. The van der Waals surface area contributed by atoms with Gasteiger partial charge in [0.2, 0.25) is 6.08 Å². The Morgan fingerprint density at radius 2 is 2.21 bits per heavy atom. The monoisotopic (exact) mass is 260 g/mol. The minimum Gasteiger partial charge on any atom is -0.258 e. The molecular weight excluding hydrogens is 259 g/mol. The molecule has 0 unspecified atom stereocenters. The summed E-state index contributed by atoms with van der Waals surface area (Å²) in [6.07, 6.45) is 1.15. The van der Waals surface area contributed by atoms with Gasteiger partial charge in [0.05, 0.1) is 15.5 Å². The Morgan fingerprint density at radius 3 is 2.71 bits per heavy atom. The van der Waals surface area contributed by atoms with Crippen molar-refractivity contribution in [2.45, 2.75) is 0 Å². The molecule has 7 heteroatoms. The van der Waals surface area contributed by atoms with Gasteiger partial charge in [-0.25, -0.2) is 9.18 Å². The van der Waals surface area contributed by atoms with E-state index in [0.717, 1.165) is 12.1 Å². The van der Waals surface area contributed by atoms with Crippen LogP contribution in [-0.2, 0) is 4.79 Å². The van der Waals surface area contributed by atoms with Crippen LogP contribution in [0.1, 0.15) is 0 Å². The van der Waals surface area contributed by atoms with Gasteiger partial charge in [0.25, 0.3) is 5.69 Å². The highest BCUT2D eigenvalue weighted by Gasteiger charge is 2.17. The van der Waals surface area contributed by atoms with Crippen molar-refractivity contribution in [2.75, 3.05) is 0 Å². The van der Waals surface area contributed by atoms with E-state index < -0.39 is 16.4 Å². The van der Waals surface area contributed by atoms with Gasteiger partial charge in [-0.2, -0.15) is 4.99 Å². The summed E-state index contributed by atoms with van der Waals surface area (Å²) < 4.78 is 12.9. The molecule has 0 aliphatic rings. The second kappa shape index (κ2) is 4.08. The maximum absolute atomic E-state index is 12.9. The third-order valence-corrected chi connectivity index (χ3v) is 1.99. The van der Waals surface area contributed by atoms with E-state index in [1.165, 1.54) is 0 Å². The molecule has 72 valence electrons. The molecule has 5 nitrogen and oxygen atoms in total. The van der Waals surface area contributed by atoms with E-state index in [2.05, 4.69) is 20.9 Å². The SMILES string of the molecule is O=C=Nc1cc(Br)c(F)cc1[N+](=O)[O-]. The van der Waals surface area contributed by atoms with Crippen LogP contribution in [0.3, 0.4) is 0 Å². The molecule has 0 aromatic heterocycles. The molecule has 1 aromatic rings. The van der Waals surface area contributed by atoms with Crippen LogP contribution in [0.25, 0.3) is 0 Å². The van der Waals surface area contributed by atoms with Crippen molar-refractivity contribution in [1.29, 1.82) is 0 Å². The van der Waals surface area contributed by atoms with Crippen LogP contribution in [0.15, 0.2) is 21.6 Å². The lowest BCUT2D eigenvalue weighted by molar-refractivity contribution is -0.384. The molecule has 0 saturated carbocycles. The van der Waals surface area contributed by atoms with Crippen molar-refractivity contribution in [1.82, 2.24) is 0 Å². The van der Waals surface area contributed by atoms with Crippen LogP contribution in [-0.4, -0.2) is 11.0 Å². The summed E-state index contributed by atoms with van der Waals surface area (Å²) in [6.45, 7) is 0. The van der Waals surface area contributed by atoms with Crippen LogP contribution >= 0.6 is 15.9 Å². The number of rotatable bonds is 2. The first-order valence-electron chi connectivity index (χ1n) is 3.27. The molecule has 1 rings (SSSR count). The van der Waals surface area contributed by atoms with Gasteiger partial charge in [0.15, 0.2) is 5.69 Å². The lowest BCUT2D eigenvalue weighted by atomic mass is 10.2. The second-order valence-corrected chi connectivity index (χ2v) is 3.07. The Balaban J connectivity index is 3.45. The summed E-state index contributed by atoms with van der Waals surface area (Å²) >= 11 is 2.81. The number of halogens is 2. The largest absolute Gasteiger partial charge is 0.298 e. The van der Waals surface area contributed by atoms with Gasteiger partial charge in [-0.1, -0.05) is 0 Å². The summed E-state index contributed by atoms with van der Waals surface area (Å²) in [6, 6.07) is 1.72. The minimum atomic E-state index is -0.828. The zero-order chi connectivity index (χ0) is 10.7. The van der Waals surface area contributed by atoms with E-state index >= 15 is 0 Å². The number of aliphatic imine (C=N–C) groups is 1. The van der Waals surface area contributed by atoms with Crippen LogP contribution in [0, 0.1) is 15.9 Å². The van der Waals surface area contributed by atoms with Gasteiger partial charge in [0, 0.05) is 0 Å². The van der Waals surface area contributed by atoms with E-state index in [1.54, 1.807) is 0 Å². The number of carbonyl (C=O) groups excluding carboxylic acids is 1. The van der Waals surface area contributed by atoms with Crippen molar-refractivity contribution < 1.29 is 14.1 Å². The Hall–Kier alpha value is -1.59. The molecule has 0 spiro atoms. The van der Waals surface area contributed by atoms with Crippen molar-refractivity contribution in [2.24, 2.45) is 4.99 Å². The molecule has 0 bridgehead atoms. The zero-order valence-electron chi connectivity index (χ0n) is 6.53. The normalized spacial score (nSPS) is 9.29. The van der Waals surface area contributed by atoms with Crippen LogP contribution < -0.4 is 0 Å². The lowest BCUT2D eigenvalue weighted by Gasteiger charge is -1.97. The number of hydrogen-bond acceptors (Lipinski definition) is 4. The first-order chi connectivity index (χ1) is 6.56. The van der Waals surface area contributed by atoms with Crippen molar-refractivity contribution in [3.05, 3.63) is 32.5 Å². The topological polar surface area (TPSA) is 72.6 Å². The maximum atomic E-state index is 12.9. The fraction of sp³-hybridized carbons (Fsp3) is 0. The molecule has 0 saturated heterocycles. The predicted octanol–water partition coefficient (Wildman–Crippen LogP) is 2.46. The fourth-order valence-corrected chi connectivity index (χ4v) is 1.14. The number of hydrogen-bond donors (Lipinski definition) is 0. The van der Waals surface area contributed by atoms with E-state index in [0.29, 0.717) is 6.07 Å². The average Bonchev–Trinajstić information content (AvgIpc) is 2.11. The minimum absolute atomic E-state index is 0.00269. The van der Waals surface area contributed by atoms with E-state index in [1.807, 2.05) is 0 Å². The van der Waals surface area contributed by atoms with E-state index in [9.17, 15) is 19.3 Å². The molecule has 0 amide bonds. The summed E-state index contributed by atoms with van der Waals surface area (Å²) in [7, 11) is 0. The summed E-state index contributed by atoms with van der Waals surface area (Å²) in [5, 5.41) is 10.4.